The lowest BCUT2D eigenvalue weighted by Crippen LogP contribution is -2.58. The second-order valence-corrected chi connectivity index (χ2v) is 25.0. The maximum absolute atomic E-state index is 6.86. The van der Waals surface area contributed by atoms with Crippen LogP contribution in [0.25, 0.3) is 0 Å². The highest BCUT2D eigenvalue weighted by Gasteiger charge is 2.49. The minimum absolute atomic E-state index is 0.0361. The van der Waals surface area contributed by atoms with E-state index in [0.29, 0.717) is 25.3 Å². The summed E-state index contributed by atoms with van der Waals surface area (Å²) in [6.45, 7) is 11.7. The SMILES string of the molecule is CO[Si](CC[Si]1(C)O[SiH](C)O[SiH](C)O[SiH](C)O[Si](C)(CCCOC2CO2)O1)(OC)OC. The van der Waals surface area contributed by atoms with E-state index in [0.717, 1.165) is 12.5 Å². The summed E-state index contributed by atoms with van der Waals surface area (Å²) >= 11 is 0. The molecular formula is C15H40O10Si6. The third kappa shape index (κ3) is 9.58. The molecule has 10 nitrogen and oxygen atoms in total. The van der Waals surface area contributed by atoms with Crippen LogP contribution in [-0.4, -0.2) is 94.6 Å². The second-order valence-electron chi connectivity index (χ2n) is 8.11. The van der Waals surface area contributed by atoms with Crippen molar-refractivity contribution in [1.29, 1.82) is 0 Å². The predicted molar refractivity (Wildman–Crippen MR) is 129 cm³/mol. The summed E-state index contributed by atoms with van der Waals surface area (Å²) in [6.07, 6.45) is 0.809. The van der Waals surface area contributed by atoms with Crippen LogP contribution in [0, 0.1) is 0 Å². The van der Waals surface area contributed by atoms with Crippen LogP contribution in [-0.2, 0) is 43.3 Å². The summed E-state index contributed by atoms with van der Waals surface area (Å²) in [5.41, 5.74) is 0. The van der Waals surface area contributed by atoms with Crippen molar-refractivity contribution in [2.24, 2.45) is 0 Å². The fraction of sp³-hybridized carbons (Fsp3) is 1.00. The Bertz CT molecular complexity index is 536. The molecule has 2 rings (SSSR count). The van der Waals surface area contributed by atoms with Crippen LogP contribution in [0.5, 0.6) is 0 Å². The van der Waals surface area contributed by atoms with Crippen LogP contribution in [0.3, 0.4) is 0 Å². The van der Waals surface area contributed by atoms with Gasteiger partial charge in [0.25, 0.3) is 27.9 Å². The van der Waals surface area contributed by atoms with Crippen molar-refractivity contribution in [2.75, 3.05) is 34.5 Å². The van der Waals surface area contributed by atoms with E-state index in [1.165, 1.54) is 0 Å². The predicted octanol–water partition coefficient (Wildman–Crippen LogP) is 1.42. The maximum Gasteiger partial charge on any atom is 0.500 e. The van der Waals surface area contributed by atoms with E-state index in [1.54, 1.807) is 21.3 Å². The zero-order chi connectivity index (χ0) is 23.1. The molecule has 31 heavy (non-hydrogen) atoms. The summed E-state index contributed by atoms with van der Waals surface area (Å²) in [7, 11) is -8.72. The largest absolute Gasteiger partial charge is 0.500 e. The first-order valence-corrected chi connectivity index (χ1v) is 24.1. The van der Waals surface area contributed by atoms with Crippen molar-refractivity contribution in [3.05, 3.63) is 0 Å². The molecule has 2 saturated heterocycles. The molecule has 6 atom stereocenters. The molecule has 184 valence electrons. The lowest BCUT2D eigenvalue weighted by atomic mass is 10.5. The van der Waals surface area contributed by atoms with E-state index in [2.05, 4.69) is 19.6 Å². The van der Waals surface area contributed by atoms with Crippen molar-refractivity contribution < 1.29 is 43.3 Å². The molecule has 6 unspecified atom stereocenters. The highest BCUT2D eigenvalue weighted by Crippen LogP contribution is 2.31. The quantitative estimate of drug-likeness (QED) is 0.214. The Morgan fingerprint density at radius 3 is 1.87 bits per heavy atom. The van der Waals surface area contributed by atoms with Crippen LogP contribution in [0.4, 0.5) is 0 Å². The molecule has 0 saturated carbocycles. The van der Waals surface area contributed by atoms with Crippen LogP contribution >= 0.6 is 0 Å². The standard InChI is InChI=1S/C15H40O10Si6/c1-16-31(17-2,18-3)13-12-30(8)24-28(6)22-26(4)21-27(5)23-29(7,25-30)11-9-10-19-15-14-20-15/h15,26-28H,9-14H2,1-8H3. The average Bonchev–Trinajstić information content (AvgIpc) is 3.50. The molecular weight excluding hydrogens is 509 g/mol. The Labute approximate surface area is 195 Å². The molecule has 0 amide bonds. The smallest absolute Gasteiger partial charge is 0.420 e. The van der Waals surface area contributed by atoms with Gasteiger partial charge in [0.1, 0.15) is 6.61 Å². The fourth-order valence-corrected chi connectivity index (χ4v) is 27.6. The summed E-state index contributed by atoms with van der Waals surface area (Å²) in [5.74, 6) is 0. The molecule has 2 fully saturated rings. The average molecular weight is 549 g/mol. The van der Waals surface area contributed by atoms with Crippen molar-refractivity contribution in [3.63, 3.8) is 0 Å². The Morgan fingerprint density at radius 1 is 0.871 bits per heavy atom. The first-order chi connectivity index (χ1) is 14.6. The summed E-state index contributed by atoms with van der Waals surface area (Å²) in [5, 5.41) is 0. The van der Waals surface area contributed by atoms with Gasteiger partial charge in [-0.25, -0.2) is 0 Å². The first kappa shape index (κ1) is 28.1. The van der Waals surface area contributed by atoms with E-state index in [-0.39, 0.29) is 6.29 Å². The molecule has 2 aliphatic rings. The Hall–Kier alpha value is 0.901. The van der Waals surface area contributed by atoms with Crippen molar-refractivity contribution in [3.8, 4) is 0 Å². The minimum atomic E-state index is -2.75. The fourth-order valence-electron chi connectivity index (χ4n) is 3.73. The van der Waals surface area contributed by atoms with Crippen molar-refractivity contribution >= 4 is 53.8 Å². The molecule has 0 aliphatic carbocycles. The maximum atomic E-state index is 6.86. The zero-order valence-corrected chi connectivity index (χ0v) is 26.6. The molecule has 2 heterocycles. The highest BCUT2D eigenvalue weighted by molar-refractivity contribution is 6.86. The minimum Gasteiger partial charge on any atom is -0.420 e. The molecule has 16 heteroatoms. The van der Waals surface area contributed by atoms with Crippen LogP contribution in [0.2, 0.25) is 50.9 Å². The summed E-state index contributed by atoms with van der Waals surface area (Å²) < 4.78 is 59.9. The topological polar surface area (TPSA) is 95.6 Å². The Balaban J connectivity index is 2.15. The van der Waals surface area contributed by atoms with Crippen LogP contribution < -0.4 is 0 Å². The van der Waals surface area contributed by atoms with Gasteiger partial charge < -0.3 is 43.3 Å². The third-order valence-corrected chi connectivity index (χ3v) is 27.1. The molecule has 2 aliphatic heterocycles. The van der Waals surface area contributed by atoms with E-state index < -0.39 is 53.8 Å². The zero-order valence-electron chi connectivity index (χ0n) is 20.1. The van der Waals surface area contributed by atoms with Gasteiger partial charge in [-0.2, -0.15) is 0 Å². The molecule has 0 aromatic heterocycles. The number of rotatable bonds is 11. The van der Waals surface area contributed by atoms with Gasteiger partial charge >= 0.3 is 25.9 Å². The lowest BCUT2D eigenvalue weighted by Gasteiger charge is -2.42. The van der Waals surface area contributed by atoms with E-state index in [4.69, 9.17) is 43.3 Å². The molecule has 0 spiro atoms. The summed E-state index contributed by atoms with van der Waals surface area (Å²) in [4.78, 5) is 0. The van der Waals surface area contributed by atoms with E-state index >= 15 is 0 Å². The lowest BCUT2D eigenvalue weighted by molar-refractivity contribution is 0.0499. The number of hydrogen-bond acceptors (Lipinski definition) is 10. The molecule has 0 aromatic carbocycles. The summed E-state index contributed by atoms with van der Waals surface area (Å²) in [6, 6.07) is 2.10. The molecule has 0 aromatic rings. The van der Waals surface area contributed by atoms with Gasteiger partial charge in [0.05, 0.1) is 0 Å². The number of ether oxygens (including phenoxy) is 2. The van der Waals surface area contributed by atoms with E-state index in [1.807, 2.05) is 13.1 Å². The van der Waals surface area contributed by atoms with Gasteiger partial charge in [-0.3, -0.25) is 0 Å². The van der Waals surface area contributed by atoms with Gasteiger partial charge in [0, 0.05) is 34.0 Å². The second kappa shape index (κ2) is 12.6. The number of epoxide rings is 1. The van der Waals surface area contributed by atoms with Gasteiger partial charge in [0.2, 0.25) is 0 Å². The van der Waals surface area contributed by atoms with Crippen molar-refractivity contribution in [2.45, 2.75) is 63.6 Å². The Kier molecular flexibility index (Phi) is 11.4. The third-order valence-electron chi connectivity index (χ3n) is 5.23. The number of hydrogen-bond donors (Lipinski definition) is 0. The van der Waals surface area contributed by atoms with Gasteiger partial charge in [-0.05, 0) is 51.2 Å². The normalized spacial score (nSPS) is 37.5. The van der Waals surface area contributed by atoms with Gasteiger partial charge in [-0.1, -0.05) is 0 Å². The first-order valence-electron chi connectivity index (χ1n) is 10.8. The molecule has 0 bridgehead atoms. The highest BCUT2D eigenvalue weighted by atomic mass is 28.5. The molecule has 0 N–H and O–H groups in total. The van der Waals surface area contributed by atoms with Crippen LogP contribution in [0.15, 0.2) is 0 Å². The van der Waals surface area contributed by atoms with Gasteiger partial charge in [0.15, 0.2) is 6.29 Å². The molecule has 0 radical (unpaired) electrons. The van der Waals surface area contributed by atoms with Crippen molar-refractivity contribution in [1.82, 2.24) is 0 Å². The monoisotopic (exact) mass is 548 g/mol. The van der Waals surface area contributed by atoms with Gasteiger partial charge in [-0.15, -0.1) is 0 Å². The Morgan fingerprint density at radius 2 is 1.39 bits per heavy atom. The van der Waals surface area contributed by atoms with E-state index in [9.17, 15) is 0 Å². The van der Waals surface area contributed by atoms with Crippen LogP contribution in [0.1, 0.15) is 6.42 Å².